The summed E-state index contributed by atoms with van der Waals surface area (Å²) in [6, 6.07) is 0.423. The van der Waals surface area contributed by atoms with E-state index in [9.17, 15) is 0 Å². The smallest absolute Gasteiger partial charge is 0.169 e. The molecule has 2 N–H and O–H groups in total. The molecule has 1 atom stereocenters. The lowest BCUT2D eigenvalue weighted by molar-refractivity contribution is -0.101. The van der Waals surface area contributed by atoms with Gasteiger partial charge in [0.2, 0.25) is 0 Å². The third kappa shape index (κ3) is 2.22. The van der Waals surface area contributed by atoms with Crippen molar-refractivity contribution >= 4 is 17.6 Å². The topological polar surface area (TPSA) is 66.0 Å². The Kier molecular flexibility index (Phi) is 3.18. The summed E-state index contributed by atoms with van der Waals surface area (Å²) < 4.78 is 8.31. The maximum Gasteiger partial charge on any atom is 0.169 e. The highest BCUT2D eigenvalue weighted by molar-refractivity contribution is 7.99. The highest BCUT2D eigenvalue weighted by Gasteiger charge is 2.41. The number of nitrogens with zero attached hydrogens (tertiary/aromatic N) is 3. The molecule has 2 aliphatic heterocycles. The summed E-state index contributed by atoms with van der Waals surface area (Å²) in [6.07, 6.45) is 6.95. The van der Waals surface area contributed by atoms with Crippen molar-refractivity contribution in [1.82, 2.24) is 15.0 Å². The minimum absolute atomic E-state index is 0.0930. The predicted molar refractivity (Wildman–Crippen MR) is 79.9 cm³/mol. The number of anilines is 1. The van der Waals surface area contributed by atoms with Gasteiger partial charge in [0.25, 0.3) is 0 Å². The normalized spacial score (nSPS) is 29.7. The monoisotopic (exact) mass is 294 g/mol. The van der Waals surface area contributed by atoms with Crippen LogP contribution >= 0.6 is 11.8 Å². The predicted octanol–water partition coefficient (Wildman–Crippen LogP) is 2.36. The first kappa shape index (κ1) is 13.0. The van der Waals surface area contributed by atoms with Gasteiger partial charge >= 0.3 is 0 Å². The molecule has 0 radical (unpaired) electrons. The zero-order valence-electron chi connectivity index (χ0n) is 11.8. The van der Waals surface area contributed by atoms with Crippen LogP contribution in [0.25, 0.3) is 0 Å². The van der Waals surface area contributed by atoms with Gasteiger partial charge < -0.3 is 10.5 Å². The van der Waals surface area contributed by atoms with Gasteiger partial charge in [0, 0.05) is 12.5 Å². The molecule has 110 valence electrons. The van der Waals surface area contributed by atoms with Gasteiger partial charge in [0.05, 0.1) is 17.3 Å². The summed E-state index contributed by atoms with van der Waals surface area (Å²) in [4.78, 5) is 0. The van der Waals surface area contributed by atoms with Crippen molar-refractivity contribution in [3.8, 4) is 0 Å². The van der Waals surface area contributed by atoms with Gasteiger partial charge in [-0.15, -0.1) is 5.10 Å². The molecule has 3 heterocycles. The molecule has 0 bridgehead atoms. The first-order valence-electron chi connectivity index (χ1n) is 7.70. The highest BCUT2D eigenvalue weighted by Crippen LogP contribution is 2.46. The second-order valence-electron chi connectivity index (χ2n) is 6.37. The number of nitrogen functional groups attached to an aromatic ring is 1. The molecular weight excluding hydrogens is 272 g/mol. The molecule has 5 nitrogen and oxygen atoms in total. The largest absolute Gasteiger partial charge is 0.381 e. The van der Waals surface area contributed by atoms with Gasteiger partial charge in [-0.05, 0) is 50.0 Å². The molecule has 20 heavy (non-hydrogen) atoms. The fourth-order valence-electron chi connectivity index (χ4n) is 3.64. The van der Waals surface area contributed by atoms with Crippen molar-refractivity contribution in [2.75, 3.05) is 23.8 Å². The molecule has 1 unspecified atom stereocenters. The van der Waals surface area contributed by atoms with Crippen LogP contribution in [-0.4, -0.2) is 38.7 Å². The van der Waals surface area contributed by atoms with Gasteiger partial charge in [-0.2, -0.15) is 11.8 Å². The number of ether oxygens (including phenoxy) is 1. The van der Waals surface area contributed by atoms with E-state index in [0.717, 1.165) is 19.4 Å². The zero-order chi connectivity index (χ0) is 13.6. The molecule has 2 saturated heterocycles. The van der Waals surface area contributed by atoms with Gasteiger partial charge in [0.1, 0.15) is 0 Å². The summed E-state index contributed by atoms with van der Waals surface area (Å²) in [5.41, 5.74) is 7.31. The summed E-state index contributed by atoms with van der Waals surface area (Å²) in [5, 5.41) is 8.49. The van der Waals surface area contributed by atoms with E-state index < -0.39 is 0 Å². The third-order valence-electron chi connectivity index (χ3n) is 4.94. The minimum atomic E-state index is 0.0930. The maximum absolute atomic E-state index is 6.17. The number of hydrogen-bond acceptors (Lipinski definition) is 5. The van der Waals surface area contributed by atoms with Crippen LogP contribution in [0.1, 0.15) is 56.2 Å². The van der Waals surface area contributed by atoms with E-state index in [1.54, 1.807) is 0 Å². The Balaban J connectivity index is 1.59. The molecule has 1 spiro atoms. The lowest BCUT2D eigenvalue weighted by atomic mass is 9.85. The molecule has 1 aromatic rings. The number of nitrogens with two attached hydrogens (primary N) is 1. The second-order valence-corrected chi connectivity index (χ2v) is 7.59. The Labute approximate surface area is 123 Å². The molecule has 1 aromatic heterocycles. The van der Waals surface area contributed by atoms with E-state index in [4.69, 9.17) is 10.5 Å². The van der Waals surface area contributed by atoms with Crippen molar-refractivity contribution in [3.05, 3.63) is 5.69 Å². The third-order valence-corrected chi connectivity index (χ3v) is 5.92. The van der Waals surface area contributed by atoms with Gasteiger partial charge in [0.15, 0.2) is 5.82 Å². The Hall–Kier alpha value is -0.750. The van der Waals surface area contributed by atoms with Crippen LogP contribution in [0.15, 0.2) is 0 Å². The zero-order valence-corrected chi connectivity index (χ0v) is 12.6. The Bertz CT molecular complexity index is 488. The van der Waals surface area contributed by atoms with Crippen molar-refractivity contribution in [2.24, 2.45) is 0 Å². The van der Waals surface area contributed by atoms with Crippen molar-refractivity contribution in [2.45, 2.75) is 56.1 Å². The maximum atomic E-state index is 6.17. The Morgan fingerprint density at radius 3 is 2.80 bits per heavy atom. The first-order chi connectivity index (χ1) is 9.77. The van der Waals surface area contributed by atoms with Crippen molar-refractivity contribution in [3.63, 3.8) is 0 Å². The average Bonchev–Trinajstić information content (AvgIpc) is 3.22. The average molecular weight is 294 g/mol. The van der Waals surface area contributed by atoms with Gasteiger partial charge in [-0.25, -0.2) is 4.68 Å². The quantitative estimate of drug-likeness (QED) is 0.907. The fourth-order valence-corrected chi connectivity index (χ4v) is 4.88. The number of aromatic nitrogens is 3. The number of thioether (sulfide) groups is 1. The molecule has 4 rings (SSSR count). The first-order valence-corrected chi connectivity index (χ1v) is 8.85. The number of hydrogen-bond donors (Lipinski definition) is 1. The van der Waals surface area contributed by atoms with Crippen molar-refractivity contribution < 1.29 is 4.74 Å². The van der Waals surface area contributed by atoms with Crippen LogP contribution in [0.2, 0.25) is 0 Å². The van der Waals surface area contributed by atoms with E-state index in [1.807, 2.05) is 11.8 Å². The Morgan fingerprint density at radius 1 is 1.25 bits per heavy atom. The van der Waals surface area contributed by atoms with E-state index in [-0.39, 0.29) is 5.60 Å². The van der Waals surface area contributed by atoms with E-state index >= 15 is 0 Å². The summed E-state index contributed by atoms with van der Waals surface area (Å²) >= 11 is 2.05. The SMILES string of the molecule is Nc1nnn(C2CCOC3(CCSCC3)C2)c1C1CC1. The standard InChI is InChI=1S/C14H22N4OS/c15-13-12(10-1-2-10)18(17-16-13)11-3-6-19-14(9-11)4-7-20-8-5-14/h10-11H,1-9,15H2. The fraction of sp³-hybridized carbons (Fsp3) is 0.857. The van der Waals surface area contributed by atoms with Gasteiger partial charge in [-0.1, -0.05) is 5.21 Å². The van der Waals surface area contributed by atoms with Crippen LogP contribution in [0, 0.1) is 0 Å². The van der Waals surface area contributed by atoms with Crippen LogP contribution in [-0.2, 0) is 4.74 Å². The second kappa shape index (κ2) is 4.91. The summed E-state index contributed by atoms with van der Waals surface area (Å²) in [7, 11) is 0. The molecule has 0 aromatic carbocycles. The lowest BCUT2D eigenvalue weighted by Gasteiger charge is -2.43. The molecule has 0 amide bonds. The molecular formula is C14H22N4OS. The van der Waals surface area contributed by atoms with Gasteiger partial charge in [-0.3, -0.25) is 0 Å². The van der Waals surface area contributed by atoms with Crippen LogP contribution in [0.5, 0.6) is 0 Å². The van der Waals surface area contributed by atoms with Crippen molar-refractivity contribution in [1.29, 1.82) is 0 Å². The van der Waals surface area contributed by atoms with Crippen LogP contribution in [0.4, 0.5) is 5.82 Å². The molecule has 1 saturated carbocycles. The molecule has 1 aliphatic carbocycles. The van der Waals surface area contributed by atoms with E-state index in [2.05, 4.69) is 15.0 Å². The molecule has 3 aliphatic rings. The minimum Gasteiger partial charge on any atom is -0.381 e. The highest BCUT2D eigenvalue weighted by atomic mass is 32.2. The van der Waals surface area contributed by atoms with Crippen LogP contribution in [0.3, 0.4) is 0 Å². The van der Waals surface area contributed by atoms with E-state index in [1.165, 1.54) is 42.9 Å². The van der Waals surface area contributed by atoms with E-state index in [0.29, 0.717) is 17.8 Å². The van der Waals surface area contributed by atoms with Crippen LogP contribution < -0.4 is 5.73 Å². The molecule has 3 fully saturated rings. The lowest BCUT2D eigenvalue weighted by Crippen LogP contribution is -2.43. The summed E-state index contributed by atoms with van der Waals surface area (Å²) in [5.74, 6) is 3.70. The summed E-state index contributed by atoms with van der Waals surface area (Å²) in [6.45, 7) is 0.846. The molecule has 6 heteroatoms. The Morgan fingerprint density at radius 2 is 2.05 bits per heavy atom. The number of rotatable bonds is 2.